The molecule has 0 radical (unpaired) electrons. The molecule has 0 spiro atoms. The van der Waals surface area contributed by atoms with Crippen molar-refractivity contribution in [2.75, 3.05) is 26.2 Å². The quantitative estimate of drug-likeness (QED) is 0.810. The van der Waals surface area contributed by atoms with E-state index in [1.165, 1.54) is 5.56 Å². The molecular formula is C15H19N3O2S. The smallest absolute Gasteiger partial charge is 0.247 e. The molecule has 2 amide bonds. The van der Waals surface area contributed by atoms with Gasteiger partial charge in [-0.05, 0) is 35.2 Å². The normalized spacial score (nSPS) is 29.7. The number of hydrogen-bond donors (Lipinski definition) is 0. The fraction of sp³-hybridized carbons (Fsp3) is 0.600. The minimum Gasteiger partial charge on any atom is -0.329 e. The SMILES string of the molecule is O=C1[C@H]2CN(Cc3ccsc3)CCN2C(=O)[C@H]2CCCN12. The summed E-state index contributed by atoms with van der Waals surface area (Å²) in [5, 5.41) is 4.23. The average molecular weight is 305 g/mol. The van der Waals surface area contributed by atoms with Gasteiger partial charge in [0.15, 0.2) is 0 Å². The molecule has 6 heteroatoms. The molecular weight excluding hydrogens is 286 g/mol. The highest BCUT2D eigenvalue weighted by molar-refractivity contribution is 7.07. The highest BCUT2D eigenvalue weighted by Crippen LogP contribution is 2.29. The van der Waals surface area contributed by atoms with Crippen LogP contribution in [0.5, 0.6) is 0 Å². The van der Waals surface area contributed by atoms with Crippen LogP contribution in [-0.2, 0) is 16.1 Å². The molecule has 0 N–H and O–H groups in total. The molecule has 4 heterocycles. The topological polar surface area (TPSA) is 43.9 Å². The van der Waals surface area contributed by atoms with Gasteiger partial charge in [0.05, 0.1) is 0 Å². The van der Waals surface area contributed by atoms with Gasteiger partial charge < -0.3 is 9.80 Å². The van der Waals surface area contributed by atoms with E-state index in [9.17, 15) is 9.59 Å². The minimum atomic E-state index is -0.265. The Labute approximate surface area is 128 Å². The van der Waals surface area contributed by atoms with Crippen LogP contribution in [0.15, 0.2) is 16.8 Å². The van der Waals surface area contributed by atoms with Crippen molar-refractivity contribution < 1.29 is 9.59 Å². The monoisotopic (exact) mass is 305 g/mol. The first kappa shape index (κ1) is 13.3. The molecule has 3 aliphatic heterocycles. The van der Waals surface area contributed by atoms with E-state index in [1.807, 2.05) is 9.80 Å². The van der Waals surface area contributed by atoms with Crippen LogP contribution in [0.4, 0.5) is 0 Å². The fourth-order valence-corrected chi connectivity index (χ4v) is 4.43. The highest BCUT2D eigenvalue weighted by atomic mass is 32.1. The molecule has 21 heavy (non-hydrogen) atoms. The summed E-state index contributed by atoms with van der Waals surface area (Å²) in [6.45, 7) is 3.84. The van der Waals surface area contributed by atoms with Crippen LogP contribution >= 0.6 is 11.3 Å². The lowest BCUT2D eigenvalue weighted by molar-refractivity contribution is -0.163. The minimum absolute atomic E-state index is 0.159. The number of thiophene rings is 1. The Morgan fingerprint density at radius 1 is 1.10 bits per heavy atom. The van der Waals surface area contributed by atoms with Gasteiger partial charge in [-0.2, -0.15) is 11.3 Å². The van der Waals surface area contributed by atoms with Crippen molar-refractivity contribution in [3.63, 3.8) is 0 Å². The van der Waals surface area contributed by atoms with Gasteiger partial charge >= 0.3 is 0 Å². The Kier molecular flexibility index (Phi) is 3.23. The molecule has 112 valence electrons. The van der Waals surface area contributed by atoms with Crippen molar-refractivity contribution >= 4 is 23.2 Å². The summed E-state index contributed by atoms with van der Waals surface area (Å²) in [6.07, 6.45) is 1.80. The Hall–Kier alpha value is -1.40. The van der Waals surface area contributed by atoms with E-state index in [2.05, 4.69) is 21.7 Å². The third-order valence-corrected chi connectivity index (χ3v) is 5.57. The van der Waals surface area contributed by atoms with Gasteiger partial charge in [-0.25, -0.2) is 0 Å². The summed E-state index contributed by atoms with van der Waals surface area (Å²) in [7, 11) is 0. The first-order chi connectivity index (χ1) is 10.2. The molecule has 1 aromatic heterocycles. The van der Waals surface area contributed by atoms with Crippen molar-refractivity contribution in [3.05, 3.63) is 22.4 Å². The average Bonchev–Trinajstić information content (AvgIpc) is 3.16. The summed E-state index contributed by atoms with van der Waals surface area (Å²) >= 11 is 1.70. The molecule has 0 aliphatic carbocycles. The van der Waals surface area contributed by atoms with E-state index in [0.29, 0.717) is 13.1 Å². The van der Waals surface area contributed by atoms with Gasteiger partial charge in [0.2, 0.25) is 11.8 Å². The molecule has 0 aromatic carbocycles. The maximum absolute atomic E-state index is 12.6. The lowest BCUT2D eigenvalue weighted by atomic mass is 10.0. The van der Waals surface area contributed by atoms with Gasteiger partial charge in [-0.3, -0.25) is 14.5 Å². The first-order valence-electron chi connectivity index (χ1n) is 7.58. The number of nitrogens with zero attached hydrogens (tertiary/aromatic N) is 3. The van der Waals surface area contributed by atoms with E-state index >= 15 is 0 Å². The van der Waals surface area contributed by atoms with Crippen LogP contribution in [0.1, 0.15) is 18.4 Å². The number of carbonyl (C=O) groups excluding carboxylic acids is 2. The highest BCUT2D eigenvalue weighted by Gasteiger charge is 2.49. The Bertz CT molecular complexity index is 559. The Balaban J connectivity index is 1.51. The molecule has 0 unspecified atom stereocenters. The molecule has 0 bridgehead atoms. The first-order valence-corrected chi connectivity index (χ1v) is 8.53. The summed E-state index contributed by atoms with van der Waals surface area (Å²) < 4.78 is 0. The molecule has 2 atom stereocenters. The van der Waals surface area contributed by atoms with Crippen molar-refractivity contribution in [2.24, 2.45) is 0 Å². The number of hydrogen-bond acceptors (Lipinski definition) is 4. The maximum atomic E-state index is 12.6. The summed E-state index contributed by atoms with van der Waals surface area (Å²) in [4.78, 5) is 31.1. The second-order valence-corrected chi connectivity index (χ2v) is 6.88. The number of rotatable bonds is 2. The second-order valence-electron chi connectivity index (χ2n) is 6.10. The molecule has 5 nitrogen and oxygen atoms in total. The van der Waals surface area contributed by atoms with E-state index in [1.54, 1.807) is 11.3 Å². The molecule has 3 saturated heterocycles. The third kappa shape index (κ3) is 2.17. The third-order valence-electron chi connectivity index (χ3n) is 4.84. The lowest BCUT2D eigenvalue weighted by Crippen LogP contribution is -2.68. The van der Waals surface area contributed by atoms with E-state index < -0.39 is 0 Å². The molecule has 0 saturated carbocycles. The van der Waals surface area contributed by atoms with Gasteiger partial charge in [0.1, 0.15) is 12.1 Å². The van der Waals surface area contributed by atoms with Gasteiger partial charge in [-0.15, -0.1) is 0 Å². The van der Waals surface area contributed by atoms with Crippen molar-refractivity contribution in [2.45, 2.75) is 31.5 Å². The number of carbonyl (C=O) groups is 2. The van der Waals surface area contributed by atoms with Crippen LogP contribution in [0.3, 0.4) is 0 Å². The summed E-state index contributed by atoms with van der Waals surface area (Å²) in [6, 6.07) is 1.69. The molecule has 3 fully saturated rings. The zero-order valence-corrected chi connectivity index (χ0v) is 12.7. The van der Waals surface area contributed by atoms with Gasteiger partial charge in [0.25, 0.3) is 0 Å². The summed E-state index contributed by atoms with van der Waals surface area (Å²) in [5.74, 6) is 0.333. The van der Waals surface area contributed by atoms with Crippen LogP contribution in [0.25, 0.3) is 0 Å². The van der Waals surface area contributed by atoms with Crippen molar-refractivity contribution in [1.82, 2.24) is 14.7 Å². The van der Waals surface area contributed by atoms with Crippen LogP contribution in [0.2, 0.25) is 0 Å². The van der Waals surface area contributed by atoms with Gasteiger partial charge in [0, 0.05) is 32.7 Å². The number of piperazine rings is 2. The zero-order valence-electron chi connectivity index (χ0n) is 11.9. The second kappa shape index (κ2) is 5.10. The van der Waals surface area contributed by atoms with Crippen LogP contribution < -0.4 is 0 Å². The van der Waals surface area contributed by atoms with E-state index in [0.717, 1.165) is 32.5 Å². The zero-order chi connectivity index (χ0) is 14.4. The number of amides is 2. The Morgan fingerprint density at radius 2 is 1.90 bits per heavy atom. The van der Waals surface area contributed by atoms with E-state index in [4.69, 9.17) is 0 Å². The molecule has 4 rings (SSSR count). The van der Waals surface area contributed by atoms with Crippen molar-refractivity contribution in [1.29, 1.82) is 0 Å². The number of fused-ring (bicyclic) bond motifs is 2. The largest absolute Gasteiger partial charge is 0.329 e. The Morgan fingerprint density at radius 3 is 2.71 bits per heavy atom. The predicted octanol–water partition coefficient (Wildman–Crippen LogP) is 0.765. The summed E-state index contributed by atoms with van der Waals surface area (Å²) in [5.41, 5.74) is 1.29. The van der Waals surface area contributed by atoms with Gasteiger partial charge in [-0.1, -0.05) is 0 Å². The van der Waals surface area contributed by atoms with Crippen molar-refractivity contribution in [3.8, 4) is 0 Å². The molecule has 1 aromatic rings. The van der Waals surface area contributed by atoms with E-state index in [-0.39, 0.29) is 23.9 Å². The maximum Gasteiger partial charge on any atom is 0.247 e. The standard InChI is InChI=1S/C15H19N3O2S/c19-14-12-2-1-4-17(12)15(20)13-9-16(5-6-18(13)14)8-11-3-7-21-10-11/h3,7,10,12-13H,1-2,4-6,8-9H2/t12-,13-/m1/s1. The van der Waals surface area contributed by atoms with Crippen LogP contribution in [-0.4, -0.2) is 64.8 Å². The lowest BCUT2D eigenvalue weighted by Gasteiger charge is -2.47. The fourth-order valence-electron chi connectivity index (χ4n) is 3.77. The molecule has 3 aliphatic rings. The van der Waals surface area contributed by atoms with Crippen LogP contribution in [0, 0.1) is 0 Å². The predicted molar refractivity (Wildman–Crippen MR) is 79.8 cm³/mol.